The predicted octanol–water partition coefficient (Wildman–Crippen LogP) is 3.12. The van der Waals surface area contributed by atoms with Gasteiger partial charge in [-0.05, 0) is 31.2 Å². The molecule has 7 heteroatoms. The Hall–Kier alpha value is -3.58. The van der Waals surface area contributed by atoms with Crippen LogP contribution in [0.25, 0.3) is 0 Å². The van der Waals surface area contributed by atoms with Crippen LogP contribution in [0.4, 0.5) is 0 Å². The second-order valence-electron chi connectivity index (χ2n) is 6.16. The maximum absolute atomic E-state index is 12.7. The smallest absolute Gasteiger partial charge is 0.389 e. The van der Waals surface area contributed by atoms with Crippen molar-refractivity contribution < 1.29 is 29.2 Å². The number of nitrogens with zero attached hydrogens (tertiary/aromatic N) is 1. The molecule has 0 unspecified atom stereocenters. The van der Waals surface area contributed by atoms with Crippen molar-refractivity contribution in [1.29, 1.82) is 0 Å². The van der Waals surface area contributed by atoms with Gasteiger partial charge in [-0.15, -0.1) is 0 Å². The van der Waals surface area contributed by atoms with Gasteiger partial charge in [0, 0.05) is 17.3 Å². The molecule has 0 aliphatic heterocycles. The molecule has 0 fully saturated rings. The summed E-state index contributed by atoms with van der Waals surface area (Å²) >= 11 is 0. The maximum Gasteiger partial charge on any atom is 0.389 e. The lowest BCUT2D eigenvalue weighted by atomic mass is 10.1. The van der Waals surface area contributed by atoms with E-state index < -0.39 is 18.9 Å². The second kappa shape index (κ2) is 9.57. The van der Waals surface area contributed by atoms with Gasteiger partial charge in [-0.1, -0.05) is 36.4 Å². The third kappa shape index (κ3) is 5.24. The van der Waals surface area contributed by atoms with Gasteiger partial charge < -0.3 is 24.4 Å². The molecular formula is C22H21NO6. The zero-order chi connectivity index (χ0) is 20.6. The number of aromatic hydroxyl groups is 1. The van der Waals surface area contributed by atoms with E-state index in [1.807, 2.05) is 12.1 Å². The first-order valence-corrected chi connectivity index (χ1v) is 8.95. The van der Waals surface area contributed by atoms with E-state index in [0.29, 0.717) is 22.8 Å². The maximum atomic E-state index is 12.7. The monoisotopic (exact) mass is 395 g/mol. The number of para-hydroxylation sites is 2. The number of carbonyl (C=O) groups is 1. The summed E-state index contributed by atoms with van der Waals surface area (Å²) in [6.07, 6.45) is 0.100. The van der Waals surface area contributed by atoms with E-state index in [-0.39, 0.29) is 17.9 Å². The van der Waals surface area contributed by atoms with Crippen LogP contribution in [-0.2, 0) is 22.7 Å². The minimum atomic E-state index is -1.34. The van der Waals surface area contributed by atoms with Crippen molar-refractivity contribution in [2.24, 2.45) is 0 Å². The summed E-state index contributed by atoms with van der Waals surface area (Å²) in [4.78, 5) is 16.7. The van der Waals surface area contributed by atoms with Crippen molar-refractivity contribution in [1.82, 2.24) is 4.98 Å². The Kier molecular flexibility index (Phi) is 6.65. The van der Waals surface area contributed by atoms with Gasteiger partial charge in [0.1, 0.15) is 23.9 Å². The third-order valence-corrected chi connectivity index (χ3v) is 4.12. The number of aliphatic hydroxyl groups excluding tert-OH is 1. The van der Waals surface area contributed by atoms with Gasteiger partial charge >= 0.3 is 12.3 Å². The van der Waals surface area contributed by atoms with Crippen LogP contribution in [0.3, 0.4) is 0 Å². The van der Waals surface area contributed by atoms with Crippen molar-refractivity contribution in [3.05, 3.63) is 83.7 Å². The van der Waals surface area contributed by atoms with E-state index in [0.717, 1.165) is 0 Å². The first-order chi connectivity index (χ1) is 14.1. The molecule has 150 valence electrons. The number of aliphatic hydroxyl groups is 1. The van der Waals surface area contributed by atoms with Crippen molar-refractivity contribution in [2.45, 2.75) is 26.4 Å². The molecule has 3 rings (SSSR count). The quantitative estimate of drug-likeness (QED) is 0.447. The van der Waals surface area contributed by atoms with Gasteiger partial charge in [0.2, 0.25) is 0 Å². The van der Waals surface area contributed by atoms with E-state index in [1.165, 1.54) is 6.20 Å². The number of carbonyl (C=O) groups excluding carboxylic acids is 1. The summed E-state index contributed by atoms with van der Waals surface area (Å²) in [6, 6.07) is 17.5. The average Bonchev–Trinajstić information content (AvgIpc) is 2.75. The lowest BCUT2D eigenvalue weighted by Gasteiger charge is -2.19. The van der Waals surface area contributed by atoms with Crippen LogP contribution in [0.15, 0.2) is 66.9 Å². The fourth-order valence-electron chi connectivity index (χ4n) is 2.57. The van der Waals surface area contributed by atoms with Gasteiger partial charge in [0.05, 0.1) is 12.3 Å². The van der Waals surface area contributed by atoms with E-state index in [9.17, 15) is 15.0 Å². The molecule has 0 aliphatic carbocycles. The average molecular weight is 395 g/mol. The summed E-state index contributed by atoms with van der Waals surface area (Å²) in [6.45, 7) is 0.997. The first kappa shape index (κ1) is 20.2. The van der Waals surface area contributed by atoms with E-state index in [4.69, 9.17) is 14.2 Å². The molecule has 0 saturated carbocycles. The van der Waals surface area contributed by atoms with Crippen molar-refractivity contribution >= 4 is 5.97 Å². The number of benzene rings is 2. The molecule has 0 saturated heterocycles. The van der Waals surface area contributed by atoms with Crippen LogP contribution in [-0.4, -0.2) is 27.5 Å². The van der Waals surface area contributed by atoms with E-state index in [1.54, 1.807) is 55.5 Å². The minimum absolute atomic E-state index is 0.126. The van der Waals surface area contributed by atoms with Crippen LogP contribution in [0, 0.1) is 6.92 Å². The van der Waals surface area contributed by atoms with Gasteiger partial charge in [-0.25, -0.2) is 4.79 Å². The predicted molar refractivity (Wildman–Crippen MR) is 104 cm³/mol. The fraction of sp³-hybridized carbons (Fsp3) is 0.182. The molecule has 1 heterocycles. The van der Waals surface area contributed by atoms with Crippen LogP contribution >= 0.6 is 0 Å². The molecule has 7 nitrogen and oxygen atoms in total. The van der Waals surface area contributed by atoms with Gasteiger partial charge in [-0.2, -0.15) is 0 Å². The Bertz CT molecular complexity index is 905. The number of pyridine rings is 1. The lowest BCUT2D eigenvalue weighted by molar-refractivity contribution is -0.167. The van der Waals surface area contributed by atoms with Gasteiger partial charge in [0.25, 0.3) is 0 Å². The molecule has 2 N–H and O–H groups in total. The Balaban J connectivity index is 1.75. The molecule has 0 amide bonds. The summed E-state index contributed by atoms with van der Waals surface area (Å²) in [5.74, 6) is -0.00696. The van der Waals surface area contributed by atoms with Crippen molar-refractivity contribution in [3.63, 3.8) is 0 Å². The highest BCUT2D eigenvalue weighted by Crippen LogP contribution is 2.24. The van der Waals surface area contributed by atoms with Crippen LogP contribution in [0.2, 0.25) is 0 Å². The highest BCUT2D eigenvalue weighted by Gasteiger charge is 2.25. The van der Waals surface area contributed by atoms with E-state index >= 15 is 0 Å². The standard InChI is InChI=1S/C22H21NO6/c1-15-20(25)19(13-24)16(12-23-15)14-27-21(26)22(28-17-8-4-2-5-9-17)29-18-10-6-3-7-11-18/h2-12,22,24-25H,13-14H2,1H3. The molecule has 0 spiro atoms. The van der Waals surface area contributed by atoms with Gasteiger partial charge in [0.15, 0.2) is 0 Å². The minimum Gasteiger partial charge on any atom is -0.506 e. The van der Waals surface area contributed by atoms with Crippen molar-refractivity contribution in [2.75, 3.05) is 0 Å². The Morgan fingerprint density at radius 1 is 1.00 bits per heavy atom. The number of ether oxygens (including phenoxy) is 3. The molecule has 0 radical (unpaired) electrons. The fourth-order valence-corrected chi connectivity index (χ4v) is 2.57. The number of hydrogen-bond donors (Lipinski definition) is 2. The summed E-state index contributed by atoms with van der Waals surface area (Å²) in [7, 11) is 0. The zero-order valence-corrected chi connectivity index (χ0v) is 15.8. The topological polar surface area (TPSA) is 98.1 Å². The molecule has 1 aromatic heterocycles. The Labute approximate surface area is 168 Å². The molecular weight excluding hydrogens is 374 g/mol. The molecule has 2 aromatic carbocycles. The van der Waals surface area contributed by atoms with Crippen LogP contribution in [0.1, 0.15) is 16.8 Å². The number of rotatable bonds is 8. The van der Waals surface area contributed by atoms with Crippen LogP contribution in [0.5, 0.6) is 17.2 Å². The van der Waals surface area contributed by atoms with E-state index in [2.05, 4.69) is 4.98 Å². The Morgan fingerprint density at radius 3 is 2.07 bits per heavy atom. The van der Waals surface area contributed by atoms with Gasteiger partial charge in [-0.3, -0.25) is 4.98 Å². The number of aryl methyl sites for hydroxylation is 1. The number of aromatic nitrogens is 1. The largest absolute Gasteiger partial charge is 0.506 e. The second-order valence-corrected chi connectivity index (χ2v) is 6.16. The van der Waals surface area contributed by atoms with Crippen molar-refractivity contribution in [3.8, 4) is 17.2 Å². The molecule has 0 aliphatic rings. The SMILES string of the molecule is Cc1ncc(COC(=O)C(Oc2ccccc2)Oc2ccccc2)c(CO)c1O. The zero-order valence-electron chi connectivity index (χ0n) is 15.8. The number of esters is 1. The van der Waals surface area contributed by atoms with Crippen LogP contribution < -0.4 is 9.47 Å². The number of hydrogen-bond acceptors (Lipinski definition) is 7. The third-order valence-electron chi connectivity index (χ3n) is 4.12. The molecule has 0 atom stereocenters. The molecule has 0 bridgehead atoms. The molecule has 29 heavy (non-hydrogen) atoms. The summed E-state index contributed by atoms with van der Waals surface area (Å²) < 4.78 is 16.6. The highest BCUT2D eigenvalue weighted by atomic mass is 16.7. The molecule has 3 aromatic rings. The summed E-state index contributed by atoms with van der Waals surface area (Å²) in [5, 5.41) is 19.5. The Morgan fingerprint density at radius 2 is 1.55 bits per heavy atom. The highest BCUT2D eigenvalue weighted by molar-refractivity contribution is 5.74. The lowest BCUT2D eigenvalue weighted by Crippen LogP contribution is -2.35. The first-order valence-electron chi connectivity index (χ1n) is 8.95. The summed E-state index contributed by atoms with van der Waals surface area (Å²) in [5.41, 5.74) is 1.03. The normalized spacial score (nSPS) is 10.6.